The molecule has 1 heterocycles. The van der Waals surface area contributed by atoms with Crippen molar-refractivity contribution in [3.05, 3.63) is 46.5 Å². The average Bonchev–Trinajstić information content (AvgIpc) is 2.64. The summed E-state index contributed by atoms with van der Waals surface area (Å²) in [5.41, 5.74) is 1.92. The first-order valence-corrected chi connectivity index (χ1v) is 5.86. The van der Waals surface area contributed by atoms with Crippen LogP contribution in [-0.4, -0.2) is 14.7 Å². The molecule has 0 spiro atoms. The molecule has 84 valence electrons. The molecule has 0 aliphatic carbocycles. The minimum Gasteiger partial charge on any atom is -0.389 e. The van der Waals surface area contributed by atoms with E-state index in [1.54, 1.807) is 13.1 Å². The van der Waals surface area contributed by atoms with Crippen LogP contribution >= 0.6 is 15.9 Å². The van der Waals surface area contributed by atoms with Crippen LogP contribution in [0.4, 0.5) is 0 Å². The highest BCUT2D eigenvalue weighted by Gasteiger charge is 2.08. The molecule has 0 aliphatic rings. The Balaban J connectivity index is 2.48. The van der Waals surface area contributed by atoms with Gasteiger partial charge < -0.3 is 9.67 Å². The number of imidazole rings is 1. The normalized spacial score (nSPS) is 12.8. The molecule has 1 atom stereocenters. The van der Waals surface area contributed by atoms with Gasteiger partial charge in [-0.15, -0.1) is 0 Å². The van der Waals surface area contributed by atoms with Crippen LogP contribution in [-0.2, 0) is 0 Å². The van der Waals surface area contributed by atoms with Gasteiger partial charge in [-0.25, -0.2) is 4.98 Å². The van der Waals surface area contributed by atoms with E-state index >= 15 is 0 Å². The predicted octanol–water partition coefficient (Wildman–Crippen LogP) is 3.00. The second kappa shape index (κ2) is 4.39. The van der Waals surface area contributed by atoms with Crippen LogP contribution < -0.4 is 0 Å². The quantitative estimate of drug-likeness (QED) is 0.919. The number of aliphatic hydroxyl groups is 1. The molecule has 0 saturated carbocycles. The highest BCUT2D eigenvalue weighted by Crippen LogP contribution is 2.25. The van der Waals surface area contributed by atoms with E-state index in [4.69, 9.17) is 0 Å². The number of halogens is 1. The van der Waals surface area contributed by atoms with Gasteiger partial charge in [0.15, 0.2) is 0 Å². The lowest BCUT2D eigenvalue weighted by Gasteiger charge is -2.11. The van der Waals surface area contributed by atoms with Crippen molar-refractivity contribution < 1.29 is 5.11 Å². The number of benzene rings is 1. The summed E-state index contributed by atoms with van der Waals surface area (Å²) in [6, 6.07) is 5.82. The van der Waals surface area contributed by atoms with Crippen molar-refractivity contribution in [3.63, 3.8) is 0 Å². The Kier molecular flexibility index (Phi) is 3.12. The van der Waals surface area contributed by atoms with Crippen molar-refractivity contribution in [2.24, 2.45) is 0 Å². The number of hydrogen-bond donors (Lipinski definition) is 1. The number of rotatable bonds is 2. The Morgan fingerprint density at radius 2 is 2.19 bits per heavy atom. The fourth-order valence-corrected chi connectivity index (χ4v) is 2.20. The number of aliphatic hydroxyl groups excluding tert-OH is 1. The highest BCUT2D eigenvalue weighted by molar-refractivity contribution is 9.10. The second-order valence-corrected chi connectivity index (χ2v) is 4.59. The summed E-state index contributed by atoms with van der Waals surface area (Å²) in [5, 5.41) is 9.48. The molecule has 1 aromatic heterocycles. The van der Waals surface area contributed by atoms with Crippen LogP contribution in [0.3, 0.4) is 0 Å². The minimum absolute atomic E-state index is 0.450. The fourth-order valence-electron chi connectivity index (χ4n) is 1.61. The van der Waals surface area contributed by atoms with Gasteiger partial charge in [-0.2, -0.15) is 0 Å². The third-order valence-electron chi connectivity index (χ3n) is 2.54. The second-order valence-electron chi connectivity index (χ2n) is 3.73. The van der Waals surface area contributed by atoms with E-state index in [0.29, 0.717) is 0 Å². The van der Waals surface area contributed by atoms with Gasteiger partial charge in [0.2, 0.25) is 0 Å². The van der Waals surface area contributed by atoms with Gasteiger partial charge in [-0.3, -0.25) is 0 Å². The number of nitrogens with zero attached hydrogens (tertiary/aromatic N) is 2. The lowest BCUT2D eigenvalue weighted by Crippen LogP contribution is -1.98. The van der Waals surface area contributed by atoms with Crippen molar-refractivity contribution in [2.45, 2.75) is 20.0 Å². The fraction of sp³-hybridized carbons (Fsp3) is 0.250. The van der Waals surface area contributed by atoms with Crippen LogP contribution in [0.1, 0.15) is 24.4 Å². The Morgan fingerprint density at radius 1 is 1.44 bits per heavy atom. The molecule has 2 rings (SSSR count). The van der Waals surface area contributed by atoms with Gasteiger partial charge in [0.1, 0.15) is 5.82 Å². The molecule has 0 fully saturated rings. The molecular weight excluding hydrogens is 268 g/mol. The van der Waals surface area contributed by atoms with Gasteiger partial charge >= 0.3 is 0 Å². The van der Waals surface area contributed by atoms with E-state index in [2.05, 4.69) is 20.9 Å². The Morgan fingerprint density at radius 3 is 2.69 bits per heavy atom. The van der Waals surface area contributed by atoms with Crippen LogP contribution in [0, 0.1) is 6.92 Å². The van der Waals surface area contributed by atoms with Gasteiger partial charge in [0, 0.05) is 16.9 Å². The lowest BCUT2D eigenvalue weighted by atomic mass is 10.1. The largest absolute Gasteiger partial charge is 0.389 e. The van der Waals surface area contributed by atoms with Gasteiger partial charge in [0.25, 0.3) is 0 Å². The van der Waals surface area contributed by atoms with Crippen molar-refractivity contribution in [1.82, 2.24) is 9.55 Å². The molecule has 1 aromatic carbocycles. The van der Waals surface area contributed by atoms with Gasteiger partial charge in [-0.05, 0) is 47.5 Å². The minimum atomic E-state index is -0.450. The number of hydrogen-bond acceptors (Lipinski definition) is 2. The predicted molar refractivity (Wildman–Crippen MR) is 66.6 cm³/mol. The average molecular weight is 281 g/mol. The monoisotopic (exact) mass is 280 g/mol. The molecule has 0 bridgehead atoms. The first kappa shape index (κ1) is 11.4. The first-order valence-electron chi connectivity index (χ1n) is 5.07. The summed E-state index contributed by atoms with van der Waals surface area (Å²) in [7, 11) is 0. The summed E-state index contributed by atoms with van der Waals surface area (Å²) in [6.07, 6.45) is 3.23. The van der Waals surface area contributed by atoms with Crippen LogP contribution in [0.5, 0.6) is 0 Å². The van der Waals surface area contributed by atoms with E-state index < -0.39 is 6.10 Å². The maximum atomic E-state index is 9.48. The van der Waals surface area contributed by atoms with Gasteiger partial charge in [0.05, 0.1) is 11.8 Å². The molecule has 4 heteroatoms. The molecule has 3 nitrogen and oxygen atoms in total. The molecule has 1 unspecified atom stereocenters. The Labute approximate surface area is 103 Å². The van der Waals surface area contributed by atoms with Crippen molar-refractivity contribution in [2.75, 3.05) is 0 Å². The van der Waals surface area contributed by atoms with Crippen molar-refractivity contribution in [1.29, 1.82) is 0 Å². The maximum absolute atomic E-state index is 9.48. The smallest absolute Gasteiger partial charge is 0.110 e. The van der Waals surface area contributed by atoms with E-state index in [0.717, 1.165) is 21.5 Å². The van der Waals surface area contributed by atoms with Gasteiger partial charge in [-0.1, -0.05) is 6.07 Å². The van der Waals surface area contributed by atoms with E-state index in [9.17, 15) is 5.11 Å². The number of aryl methyl sites for hydroxylation is 1. The molecular formula is C12H13BrN2O. The highest BCUT2D eigenvalue weighted by atomic mass is 79.9. The van der Waals surface area contributed by atoms with Crippen LogP contribution in [0.15, 0.2) is 35.1 Å². The van der Waals surface area contributed by atoms with Crippen molar-refractivity contribution in [3.8, 4) is 5.69 Å². The lowest BCUT2D eigenvalue weighted by molar-refractivity contribution is 0.199. The zero-order valence-corrected chi connectivity index (χ0v) is 10.8. The first-order chi connectivity index (χ1) is 7.59. The molecule has 0 aliphatic heterocycles. The Hall–Kier alpha value is -1.13. The topological polar surface area (TPSA) is 38.0 Å². The molecule has 0 radical (unpaired) electrons. The van der Waals surface area contributed by atoms with Crippen LogP contribution in [0.25, 0.3) is 5.69 Å². The zero-order valence-electron chi connectivity index (χ0n) is 9.18. The standard InChI is InChI=1S/C12H13BrN2O/c1-8(16)10-3-4-12(11(13)7-10)15-6-5-14-9(15)2/h3-8,16H,1-2H3. The maximum Gasteiger partial charge on any atom is 0.110 e. The third kappa shape index (κ3) is 2.03. The molecule has 16 heavy (non-hydrogen) atoms. The van der Waals surface area contributed by atoms with E-state index in [1.165, 1.54) is 0 Å². The number of aromatic nitrogens is 2. The molecule has 1 N–H and O–H groups in total. The third-order valence-corrected chi connectivity index (χ3v) is 3.17. The molecule has 0 amide bonds. The SMILES string of the molecule is Cc1nccn1-c1ccc(C(C)O)cc1Br. The summed E-state index contributed by atoms with van der Waals surface area (Å²) >= 11 is 3.51. The zero-order chi connectivity index (χ0) is 11.7. The van der Waals surface area contributed by atoms with Crippen molar-refractivity contribution >= 4 is 15.9 Å². The Bertz CT molecular complexity index is 505. The molecule has 0 saturated heterocycles. The summed E-state index contributed by atoms with van der Waals surface area (Å²) in [4.78, 5) is 4.18. The van der Waals surface area contributed by atoms with E-state index in [-0.39, 0.29) is 0 Å². The van der Waals surface area contributed by atoms with Crippen LogP contribution in [0.2, 0.25) is 0 Å². The summed E-state index contributed by atoms with van der Waals surface area (Å²) in [6.45, 7) is 3.71. The summed E-state index contributed by atoms with van der Waals surface area (Å²) in [5.74, 6) is 0.936. The summed E-state index contributed by atoms with van der Waals surface area (Å²) < 4.78 is 2.95. The van der Waals surface area contributed by atoms with E-state index in [1.807, 2.05) is 35.9 Å². The molecule has 2 aromatic rings.